The van der Waals surface area contributed by atoms with Crippen molar-refractivity contribution in [3.05, 3.63) is 35.1 Å². The zero-order valence-electron chi connectivity index (χ0n) is 10.2. The Hall–Kier alpha value is -0.930. The van der Waals surface area contributed by atoms with E-state index >= 15 is 0 Å². The number of aryl methyl sites for hydroxylation is 1. The molecular formula is C14H20FNO. The minimum Gasteiger partial charge on any atom is -0.392 e. The van der Waals surface area contributed by atoms with Gasteiger partial charge in [-0.05, 0) is 42.5 Å². The molecule has 0 amide bonds. The summed E-state index contributed by atoms with van der Waals surface area (Å²) in [6, 6.07) is 5.28. The van der Waals surface area contributed by atoms with E-state index in [4.69, 9.17) is 0 Å². The van der Waals surface area contributed by atoms with Crippen LogP contribution in [0.5, 0.6) is 0 Å². The lowest BCUT2D eigenvalue weighted by Crippen LogP contribution is -2.29. The Morgan fingerprint density at radius 3 is 3.12 bits per heavy atom. The number of aliphatic hydroxyl groups excluding tert-OH is 1. The maximum Gasteiger partial charge on any atom is 0.123 e. The van der Waals surface area contributed by atoms with E-state index < -0.39 is 0 Å². The van der Waals surface area contributed by atoms with Crippen molar-refractivity contribution in [3.8, 4) is 0 Å². The Morgan fingerprint density at radius 1 is 1.53 bits per heavy atom. The van der Waals surface area contributed by atoms with Crippen molar-refractivity contribution in [2.75, 3.05) is 6.54 Å². The molecule has 0 fully saturated rings. The topological polar surface area (TPSA) is 32.3 Å². The number of hydrogen-bond acceptors (Lipinski definition) is 2. The van der Waals surface area contributed by atoms with Crippen LogP contribution in [0.4, 0.5) is 4.39 Å². The lowest BCUT2D eigenvalue weighted by Gasteiger charge is -2.17. The number of fused-ring (bicyclic) bond motifs is 1. The molecule has 17 heavy (non-hydrogen) atoms. The molecule has 0 heterocycles. The molecule has 0 radical (unpaired) electrons. The summed E-state index contributed by atoms with van der Waals surface area (Å²) < 4.78 is 13.0. The first kappa shape index (κ1) is 12.5. The fourth-order valence-electron chi connectivity index (χ4n) is 2.51. The maximum absolute atomic E-state index is 13.0. The summed E-state index contributed by atoms with van der Waals surface area (Å²) in [5, 5.41) is 13.0. The molecule has 0 spiro atoms. The van der Waals surface area contributed by atoms with E-state index in [0.29, 0.717) is 6.54 Å². The number of aliphatic hydroxyl groups is 1. The normalized spacial score (nSPS) is 20.3. The molecule has 1 aromatic carbocycles. The van der Waals surface area contributed by atoms with Crippen LogP contribution in [-0.2, 0) is 6.42 Å². The van der Waals surface area contributed by atoms with Crippen molar-refractivity contribution in [3.63, 3.8) is 0 Å². The zero-order chi connectivity index (χ0) is 12.3. The fraction of sp³-hybridized carbons (Fsp3) is 0.571. The summed E-state index contributed by atoms with van der Waals surface area (Å²) in [6.45, 7) is 2.69. The highest BCUT2D eigenvalue weighted by atomic mass is 19.1. The van der Waals surface area contributed by atoms with E-state index in [2.05, 4.69) is 12.2 Å². The van der Waals surface area contributed by atoms with Gasteiger partial charge in [-0.15, -0.1) is 0 Å². The summed E-state index contributed by atoms with van der Waals surface area (Å²) >= 11 is 0. The standard InChI is InChI=1S/C14H20FNO/c1-2-3-12(17)9-16-14-7-4-10-8-11(15)5-6-13(10)14/h5-6,8,12,14,16-17H,2-4,7,9H2,1H3. The molecule has 2 unspecified atom stereocenters. The van der Waals surface area contributed by atoms with Crippen LogP contribution in [0.3, 0.4) is 0 Å². The second-order valence-corrected chi connectivity index (χ2v) is 4.79. The van der Waals surface area contributed by atoms with Crippen molar-refractivity contribution < 1.29 is 9.50 Å². The average Bonchev–Trinajstić information content (AvgIpc) is 2.69. The largest absolute Gasteiger partial charge is 0.392 e. The second-order valence-electron chi connectivity index (χ2n) is 4.79. The minimum atomic E-state index is -0.274. The van der Waals surface area contributed by atoms with Gasteiger partial charge in [0, 0.05) is 12.6 Å². The Morgan fingerprint density at radius 2 is 2.35 bits per heavy atom. The molecule has 2 nitrogen and oxygen atoms in total. The van der Waals surface area contributed by atoms with E-state index in [1.165, 1.54) is 11.6 Å². The number of benzene rings is 1. The summed E-state index contributed by atoms with van der Waals surface area (Å²) in [5.41, 5.74) is 2.29. The maximum atomic E-state index is 13.0. The van der Waals surface area contributed by atoms with Crippen molar-refractivity contribution in [1.82, 2.24) is 5.32 Å². The Labute approximate surface area is 102 Å². The first-order chi connectivity index (χ1) is 8.20. The highest BCUT2D eigenvalue weighted by molar-refractivity contribution is 5.34. The quantitative estimate of drug-likeness (QED) is 0.825. The predicted octanol–water partition coefficient (Wildman–Crippen LogP) is 2.56. The van der Waals surface area contributed by atoms with Gasteiger partial charge < -0.3 is 10.4 Å². The molecule has 2 atom stereocenters. The Balaban J connectivity index is 1.93. The molecule has 0 aliphatic heterocycles. The molecule has 0 aromatic heterocycles. The summed E-state index contributed by atoms with van der Waals surface area (Å²) in [6.07, 6.45) is 3.47. The predicted molar refractivity (Wildman–Crippen MR) is 66.4 cm³/mol. The van der Waals surface area contributed by atoms with Gasteiger partial charge in [-0.3, -0.25) is 0 Å². The van der Waals surface area contributed by atoms with Gasteiger partial charge in [-0.1, -0.05) is 19.4 Å². The summed E-state index contributed by atoms with van der Waals surface area (Å²) in [4.78, 5) is 0. The van der Waals surface area contributed by atoms with Gasteiger partial charge >= 0.3 is 0 Å². The molecule has 0 saturated heterocycles. The Bertz CT molecular complexity index is 380. The zero-order valence-corrected chi connectivity index (χ0v) is 10.2. The second kappa shape index (κ2) is 5.61. The van der Waals surface area contributed by atoms with E-state index in [0.717, 1.165) is 31.2 Å². The molecule has 3 heteroatoms. The van der Waals surface area contributed by atoms with Gasteiger partial charge in [0.1, 0.15) is 5.82 Å². The van der Waals surface area contributed by atoms with Crippen molar-refractivity contribution >= 4 is 0 Å². The van der Waals surface area contributed by atoms with E-state index in [-0.39, 0.29) is 18.0 Å². The van der Waals surface area contributed by atoms with E-state index in [1.54, 1.807) is 6.07 Å². The lowest BCUT2D eigenvalue weighted by atomic mass is 10.1. The van der Waals surface area contributed by atoms with Gasteiger partial charge in [-0.25, -0.2) is 4.39 Å². The third-order valence-electron chi connectivity index (χ3n) is 3.40. The third-order valence-corrected chi connectivity index (χ3v) is 3.40. The van der Waals surface area contributed by atoms with E-state index in [9.17, 15) is 9.50 Å². The highest BCUT2D eigenvalue weighted by Crippen LogP contribution is 2.31. The van der Waals surface area contributed by atoms with Crippen molar-refractivity contribution in [2.24, 2.45) is 0 Å². The number of hydrogen-bond donors (Lipinski definition) is 2. The molecule has 1 aliphatic carbocycles. The molecule has 94 valence electrons. The molecule has 1 aliphatic rings. The first-order valence-corrected chi connectivity index (χ1v) is 6.40. The average molecular weight is 237 g/mol. The first-order valence-electron chi connectivity index (χ1n) is 6.40. The van der Waals surface area contributed by atoms with Crippen LogP contribution >= 0.6 is 0 Å². The lowest BCUT2D eigenvalue weighted by molar-refractivity contribution is 0.156. The number of halogens is 1. The van der Waals surface area contributed by atoms with Crippen LogP contribution < -0.4 is 5.32 Å². The molecular weight excluding hydrogens is 217 g/mol. The van der Waals surface area contributed by atoms with Gasteiger partial charge in [-0.2, -0.15) is 0 Å². The van der Waals surface area contributed by atoms with Crippen LogP contribution in [-0.4, -0.2) is 17.8 Å². The molecule has 1 aromatic rings. The number of nitrogens with one attached hydrogen (secondary N) is 1. The smallest absolute Gasteiger partial charge is 0.123 e. The van der Waals surface area contributed by atoms with Crippen molar-refractivity contribution in [2.45, 2.75) is 44.8 Å². The summed E-state index contributed by atoms with van der Waals surface area (Å²) in [7, 11) is 0. The van der Waals surface area contributed by atoms with Crippen LogP contribution in [0.15, 0.2) is 18.2 Å². The summed E-state index contributed by atoms with van der Waals surface area (Å²) in [5.74, 6) is -0.157. The monoisotopic (exact) mass is 237 g/mol. The van der Waals surface area contributed by atoms with Crippen LogP contribution in [0.25, 0.3) is 0 Å². The fourth-order valence-corrected chi connectivity index (χ4v) is 2.51. The Kier molecular flexibility index (Phi) is 4.13. The van der Waals surface area contributed by atoms with Crippen LogP contribution in [0.2, 0.25) is 0 Å². The van der Waals surface area contributed by atoms with Crippen LogP contribution in [0.1, 0.15) is 43.4 Å². The number of rotatable bonds is 5. The molecule has 0 bridgehead atoms. The molecule has 0 saturated carbocycles. The van der Waals surface area contributed by atoms with Crippen LogP contribution in [0, 0.1) is 5.82 Å². The SMILES string of the molecule is CCCC(O)CNC1CCc2cc(F)ccc21. The minimum absolute atomic E-state index is 0.157. The van der Waals surface area contributed by atoms with Gasteiger partial charge in [0.2, 0.25) is 0 Å². The highest BCUT2D eigenvalue weighted by Gasteiger charge is 2.22. The van der Waals surface area contributed by atoms with Gasteiger partial charge in [0.15, 0.2) is 0 Å². The molecule has 2 rings (SSSR count). The van der Waals surface area contributed by atoms with Gasteiger partial charge in [0.25, 0.3) is 0 Å². The molecule has 2 N–H and O–H groups in total. The third kappa shape index (κ3) is 3.05. The van der Waals surface area contributed by atoms with Gasteiger partial charge in [0.05, 0.1) is 6.10 Å². The van der Waals surface area contributed by atoms with Crippen molar-refractivity contribution in [1.29, 1.82) is 0 Å². The van der Waals surface area contributed by atoms with E-state index in [1.807, 2.05) is 6.07 Å².